The number of hydrogen-bond donors (Lipinski definition) is 1. The molecule has 2 N–H and O–H groups in total. The Morgan fingerprint density at radius 1 is 1.30 bits per heavy atom. The number of nitrogens with zero attached hydrogens (tertiary/aromatic N) is 1. The highest BCUT2D eigenvalue weighted by atomic mass is 32.2. The van der Waals surface area contributed by atoms with Crippen LogP contribution in [0.2, 0.25) is 0 Å². The molecule has 1 aromatic carbocycles. The first-order valence-corrected chi connectivity index (χ1v) is 8.80. The van der Waals surface area contributed by atoms with Crippen molar-refractivity contribution in [3.8, 4) is 0 Å². The number of thioether (sulfide) groups is 1. The SMILES string of the molecule is CCC(CN)(Cc1ccccc1)N1CCSC(C)C1C. The molecule has 0 aliphatic carbocycles. The molecule has 0 radical (unpaired) electrons. The third kappa shape index (κ3) is 3.21. The summed E-state index contributed by atoms with van der Waals surface area (Å²) < 4.78 is 0. The smallest absolute Gasteiger partial charge is 0.0372 e. The monoisotopic (exact) mass is 292 g/mol. The lowest BCUT2D eigenvalue weighted by Gasteiger charge is -2.50. The largest absolute Gasteiger partial charge is 0.329 e. The van der Waals surface area contributed by atoms with E-state index in [2.05, 4.69) is 67.8 Å². The fourth-order valence-corrected chi connectivity index (χ4v) is 4.44. The summed E-state index contributed by atoms with van der Waals surface area (Å²) in [5.41, 5.74) is 7.76. The van der Waals surface area contributed by atoms with Gasteiger partial charge in [0.2, 0.25) is 0 Å². The van der Waals surface area contributed by atoms with Gasteiger partial charge in [-0.2, -0.15) is 11.8 Å². The highest BCUT2D eigenvalue weighted by molar-refractivity contribution is 8.00. The van der Waals surface area contributed by atoms with Crippen LogP contribution in [-0.4, -0.2) is 40.6 Å². The molecule has 3 unspecified atom stereocenters. The Kier molecular flexibility index (Phi) is 5.53. The molecule has 2 nitrogen and oxygen atoms in total. The van der Waals surface area contributed by atoms with E-state index in [0.29, 0.717) is 11.3 Å². The highest BCUT2D eigenvalue weighted by Crippen LogP contribution is 2.33. The van der Waals surface area contributed by atoms with Crippen LogP contribution in [0, 0.1) is 0 Å². The van der Waals surface area contributed by atoms with E-state index >= 15 is 0 Å². The zero-order valence-electron chi connectivity index (χ0n) is 13.0. The lowest BCUT2D eigenvalue weighted by Crippen LogP contribution is -2.62. The van der Waals surface area contributed by atoms with Crippen molar-refractivity contribution < 1.29 is 0 Å². The lowest BCUT2D eigenvalue weighted by molar-refractivity contribution is 0.0534. The van der Waals surface area contributed by atoms with E-state index in [-0.39, 0.29) is 5.54 Å². The Labute approximate surface area is 128 Å². The Morgan fingerprint density at radius 3 is 2.60 bits per heavy atom. The summed E-state index contributed by atoms with van der Waals surface area (Å²) in [6.45, 7) is 8.89. The van der Waals surface area contributed by atoms with Crippen LogP contribution in [0.3, 0.4) is 0 Å². The second-order valence-electron chi connectivity index (χ2n) is 5.95. The standard InChI is InChI=1S/C17H28N2S/c1-4-17(13-18,12-16-8-6-5-7-9-16)19-10-11-20-15(3)14(19)2/h5-9,14-15H,4,10-13,18H2,1-3H3. The number of benzene rings is 1. The van der Waals surface area contributed by atoms with Crippen LogP contribution in [0.4, 0.5) is 0 Å². The highest BCUT2D eigenvalue weighted by Gasteiger charge is 2.40. The molecular formula is C17H28N2S. The van der Waals surface area contributed by atoms with Crippen molar-refractivity contribution in [1.29, 1.82) is 0 Å². The van der Waals surface area contributed by atoms with Crippen LogP contribution < -0.4 is 5.73 Å². The minimum Gasteiger partial charge on any atom is -0.329 e. The van der Waals surface area contributed by atoms with Gasteiger partial charge in [0.15, 0.2) is 0 Å². The normalized spacial score (nSPS) is 27.2. The van der Waals surface area contributed by atoms with Gasteiger partial charge in [-0.1, -0.05) is 44.2 Å². The molecule has 1 fully saturated rings. The van der Waals surface area contributed by atoms with E-state index in [9.17, 15) is 0 Å². The first kappa shape index (κ1) is 15.9. The fraction of sp³-hybridized carbons (Fsp3) is 0.647. The topological polar surface area (TPSA) is 29.3 Å². The van der Waals surface area contributed by atoms with Gasteiger partial charge in [0, 0.05) is 35.7 Å². The zero-order chi connectivity index (χ0) is 14.6. The first-order chi connectivity index (χ1) is 9.63. The fourth-order valence-electron chi connectivity index (χ4n) is 3.34. The summed E-state index contributed by atoms with van der Waals surface area (Å²) in [5.74, 6) is 1.22. The molecule has 3 heteroatoms. The number of hydrogen-bond acceptors (Lipinski definition) is 3. The summed E-state index contributed by atoms with van der Waals surface area (Å²) in [7, 11) is 0. The van der Waals surface area contributed by atoms with Crippen molar-refractivity contribution in [1.82, 2.24) is 4.90 Å². The van der Waals surface area contributed by atoms with Crippen LogP contribution in [0.25, 0.3) is 0 Å². The van der Waals surface area contributed by atoms with Gasteiger partial charge in [-0.3, -0.25) is 4.90 Å². The van der Waals surface area contributed by atoms with E-state index in [1.165, 1.54) is 11.3 Å². The molecule has 1 heterocycles. The average molecular weight is 292 g/mol. The molecule has 0 saturated carbocycles. The summed E-state index contributed by atoms with van der Waals surface area (Å²) >= 11 is 2.09. The van der Waals surface area contributed by atoms with Crippen LogP contribution in [0.1, 0.15) is 32.8 Å². The van der Waals surface area contributed by atoms with E-state index < -0.39 is 0 Å². The van der Waals surface area contributed by atoms with Crippen LogP contribution in [-0.2, 0) is 6.42 Å². The van der Waals surface area contributed by atoms with Crippen LogP contribution >= 0.6 is 11.8 Å². The van der Waals surface area contributed by atoms with Crippen molar-refractivity contribution in [3.63, 3.8) is 0 Å². The van der Waals surface area contributed by atoms with Gasteiger partial charge in [-0.05, 0) is 25.3 Å². The maximum absolute atomic E-state index is 6.26. The molecule has 1 aromatic rings. The Hall–Kier alpha value is -0.510. The predicted molar refractivity (Wildman–Crippen MR) is 90.3 cm³/mol. The van der Waals surface area contributed by atoms with E-state index in [1.54, 1.807) is 0 Å². The molecule has 0 bridgehead atoms. The third-order valence-corrected chi connectivity index (χ3v) is 6.25. The summed E-state index contributed by atoms with van der Waals surface area (Å²) in [6, 6.07) is 11.4. The van der Waals surface area contributed by atoms with Gasteiger partial charge in [-0.15, -0.1) is 0 Å². The van der Waals surface area contributed by atoms with Crippen LogP contribution in [0.15, 0.2) is 30.3 Å². The van der Waals surface area contributed by atoms with Gasteiger partial charge in [0.25, 0.3) is 0 Å². The van der Waals surface area contributed by atoms with Gasteiger partial charge in [0.1, 0.15) is 0 Å². The Bertz CT molecular complexity index is 403. The van der Waals surface area contributed by atoms with Gasteiger partial charge < -0.3 is 5.73 Å². The number of rotatable bonds is 5. The molecule has 1 aliphatic heterocycles. The maximum atomic E-state index is 6.26. The lowest BCUT2D eigenvalue weighted by atomic mass is 9.84. The zero-order valence-corrected chi connectivity index (χ0v) is 13.8. The Morgan fingerprint density at radius 2 is 2.00 bits per heavy atom. The van der Waals surface area contributed by atoms with Crippen molar-refractivity contribution in [2.24, 2.45) is 5.73 Å². The second kappa shape index (κ2) is 6.97. The molecule has 0 amide bonds. The molecule has 1 saturated heterocycles. The Balaban J connectivity index is 2.24. The quantitative estimate of drug-likeness (QED) is 0.904. The van der Waals surface area contributed by atoms with E-state index in [4.69, 9.17) is 5.73 Å². The predicted octanol–water partition coefficient (Wildman–Crippen LogP) is 3.16. The van der Waals surface area contributed by atoms with Gasteiger partial charge in [0.05, 0.1) is 0 Å². The number of nitrogens with two attached hydrogens (primary N) is 1. The van der Waals surface area contributed by atoms with E-state index in [1.807, 2.05) is 0 Å². The van der Waals surface area contributed by atoms with Crippen molar-refractivity contribution in [2.75, 3.05) is 18.8 Å². The molecule has 0 spiro atoms. The molecule has 0 aromatic heterocycles. The van der Waals surface area contributed by atoms with Crippen LogP contribution in [0.5, 0.6) is 0 Å². The van der Waals surface area contributed by atoms with Crippen molar-refractivity contribution in [2.45, 2.75) is 50.4 Å². The molecule has 20 heavy (non-hydrogen) atoms. The minimum absolute atomic E-state index is 0.107. The van der Waals surface area contributed by atoms with E-state index in [0.717, 1.165) is 25.9 Å². The minimum atomic E-state index is 0.107. The molecule has 2 rings (SSSR count). The third-order valence-electron chi connectivity index (χ3n) is 4.91. The maximum Gasteiger partial charge on any atom is 0.0372 e. The van der Waals surface area contributed by atoms with Crippen molar-refractivity contribution >= 4 is 11.8 Å². The summed E-state index contributed by atoms with van der Waals surface area (Å²) in [4.78, 5) is 2.68. The summed E-state index contributed by atoms with van der Waals surface area (Å²) in [6.07, 6.45) is 2.17. The summed E-state index contributed by atoms with van der Waals surface area (Å²) in [5, 5.41) is 0.692. The average Bonchev–Trinajstić information content (AvgIpc) is 2.49. The second-order valence-corrected chi connectivity index (χ2v) is 7.44. The van der Waals surface area contributed by atoms with Gasteiger partial charge in [-0.25, -0.2) is 0 Å². The first-order valence-electron chi connectivity index (χ1n) is 7.75. The molecule has 112 valence electrons. The van der Waals surface area contributed by atoms with Crippen molar-refractivity contribution in [3.05, 3.63) is 35.9 Å². The van der Waals surface area contributed by atoms with Gasteiger partial charge >= 0.3 is 0 Å². The molecule has 1 aliphatic rings. The molecule has 3 atom stereocenters. The molecular weight excluding hydrogens is 264 g/mol.